The molecule has 0 unspecified atom stereocenters. The second kappa shape index (κ2) is 14.6. The second-order valence-electron chi connectivity index (χ2n) is 11.3. The van der Waals surface area contributed by atoms with E-state index in [0.717, 1.165) is 48.9 Å². The minimum atomic E-state index is -0.249. The van der Waals surface area contributed by atoms with E-state index in [1.165, 1.54) is 18.6 Å². The van der Waals surface area contributed by atoms with Crippen molar-refractivity contribution >= 4 is 17.9 Å². The van der Waals surface area contributed by atoms with E-state index in [2.05, 4.69) is 24.5 Å². The monoisotopic (exact) mass is 543 g/mol. The van der Waals surface area contributed by atoms with Crippen LogP contribution in [0.4, 0.5) is 4.39 Å². The largest absolute Gasteiger partial charge is 0.345 e. The van der Waals surface area contributed by atoms with Crippen molar-refractivity contribution in [2.24, 2.45) is 5.92 Å². The summed E-state index contributed by atoms with van der Waals surface area (Å²) in [7, 11) is 0. The lowest BCUT2D eigenvalue weighted by atomic mass is 9.94. The SMILES string of the molecule is CC(C)CCN(CC(=O)N(Cc1cccn1Cc1ccc(F)cc1)C1CCCCC1)C(=O)/C=C/c1ccccc1. The number of benzene rings is 2. The summed E-state index contributed by atoms with van der Waals surface area (Å²) in [5, 5.41) is 0. The molecule has 2 amide bonds. The third kappa shape index (κ3) is 8.67. The number of hydrogen-bond acceptors (Lipinski definition) is 2. The molecule has 1 saturated carbocycles. The van der Waals surface area contributed by atoms with E-state index in [4.69, 9.17) is 0 Å². The maximum absolute atomic E-state index is 14.0. The smallest absolute Gasteiger partial charge is 0.247 e. The fourth-order valence-corrected chi connectivity index (χ4v) is 5.29. The fraction of sp³-hybridized carbons (Fsp3) is 0.412. The van der Waals surface area contributed by atoms with Gasteiger partial charge in [-0.25, -0.2) is 4.39 Å². The van der Waals surface area contributed by atoms with Crippen LogP contribution in [0.25, 0.3) is 6.08 Å². The van der Waals surface area contributed by atoms with Gasteiger partial charge in [-0.05, 0) is 66.6 Å². The Morgan fingerprint density at radius 3 is 2.40 bits per heavy atom. The summed E-state index contributed by atoms with van der Waals surface area (Å²) in [4.78, 5) is 31.0. The van der Waals surface area contributed by atoms with Crippen LogP contribution in [0.15, 0.2) is 79.0 Å². The molecule has 0 N–H and O–H groups in total. The minimum absolute atomic E-state index is 0.00773. The zero-order valence-corrected chi connectivity index (χ0v) is 23.8. The van der Waals surface area contributed by atoms with Gasteiger partial charge in [0.25, 0.3) is 0 Å². The van der Waals surface area contributed by atoms with Gasteiger partial charge in [-0.3, -0.25) is 9.59 Å². The first-order valence-electron chi connectivity index (χ1n) is 14.6. The Kier molecular flexibility index (Phi) is 10.7. The van der Waals surface area contributed by atoms with Crippen molar-refractivity contribution in [3.63, 3.8) is 0 Å². The van der Waals surface area contributed by atoms with Crippen LogP contribution in [0.1, 0.15) is 69.2 Å². The number of amides is 2. The lowest BCUT2D eigenvalue weighted by Crippen LogP contribution is -2.47. The van der Waals surface area contributed by atoms with Crippen LogP contribution < -0.4 is 0 Å². The van der Waals surface area contributed by atoms with Gasteiger partial charge in [0.05, 0.1) is 6.54 Å². The zero-order chi connectivity index (χ0) is 28.3. The number of carbonyl (C=O) groups is 2. The van der Waals surface area contributed by atoms with Crippen LogP contribution in [-0.4, -0.2) is 45.3 Å². The maximum Gasteiger partial charge on any atom is 0.247 e. The first-order chi connectivity index (χ1) is 19.4. The highest BCUT2D eigenvalue weighted by atomic mass is 19.1. The highest BCUT2D eigenvalue weighted by molar-refractivity contribution is 5.94. The molecule has 1 aromatic heterocycles. The topological polar surface area (TPSA) is 45.6 Å². The van der Waals surface area contributed by atoms with E-state index in [1.54, 1.807) is 23.1 Å². The first kappa shape index (κ1) is 29.3. The van der Waals surface area contributed by atoms with Crippen LogP contribution in [0.3, 0.4) is 0 Å². The van der Waals surface area contributed by atoms with Gasteiger partial charge in [0.1, 0.15) is 12.4 Å². The molecule has 4 rings (SSSR count). The molecule has 1 fully saturated rings. The molecule has 1 heterocycles. The lowest BCUT2D eigenvalue weighted by molar-refractivity contribution is -0.141. The number of nitrogens with zero attached hydrogens (tertiary/aromatic N) is 3. The molecule has 6 heteroatoms. The first-order valence-corrected chi connectivity index (χ1v) is 14.6. The molecule has 0 atom stereocenters. The van der Waals surface area contributed by atoms with Crippen molar-refractivity contribution in [2.75, 3.05) is 13.1 Å². The maximum atomic E-state index is 14.0. The van der Waals surface area contributed by atoms with E-state index >= 15 is 0 Å². The normalized spacial score (nSPS) is 14.1. The molecule has 2 aromatic carbocycles. The standard InChI is InChI=1S/C34H42FN3O2/c1-27(2)21-23-37(33(39)20-17-28-10-5-3-6-11-28)26-34(40)38(31-12-7-4-8-13-31)25-32-14-9-22-36(32)24-29-15-18-30(35)19-16-29/h3,5-6,9-11,14-20,22,27,31H,4,7-8,12-13,21,23-26H2,1-2H3/b20-17+. The third-order valence-corrected chi connectivity index (χ3v) is 7.69. The van der Waals surface area contributed by atoms with Crippen molar-refractivity contribution < 1.29 is 14.0 Å². The molecule has 3 aromatic rings. The van der Waals surface area contributed by atoms with E-state index in [-0.39, 0.29) is 30.2 Å². The predicted molar refractivity (Wildman–Crippen MR) is 159 cm³/mol. The van der Waals surface area contributed by atoms with Gasteiger partial charge in [0.15, 0.2) is 0 Å². The van der Waals surface area contributed by atoms with Crippen LogP contribution in [0, 0.1) is 11.7 Å². The molecule has 0 spiro atoms. The molecule has 40 heavy (non-hydrogen) atoms. The minimum Gasteiger partial charge on any atom is -0.345 e. The number of hydrogen-bond donors (Lipinski definition) is 0. The summed E-state index contributed by atoms with van der Waals surface area (Å²) in [6.07, 6.45) is 11.6. The molecular formula is C34H42FN3O2. The van der Waals surface area contributed by atoms with Gasteiger partial charge < -0.3 is 14.4 Å². The Morgan fingerprint density at radius 2 is 1.70 bits per heavy atom. The van der Waals surface area contributed by atoms with E-state index in [0.29, 0.717) is 25.6 Å². The van der Waals surface area contributed by atoms with Crippen molar-refractivity contribution in [3.8, 4) is 0 Å². The zero-order valence-electron chi connectivity index (χ0n) is 23.8. The van der Waals surface area contributed by atoms with Crippen LogP contribution in [0.5, 0.6) is 0 Å². The van der Waals surface area contributed by atoms with Gasteiger partial charge in [0, 0.05) is 37.1 Å². The summed E-state index contributed by atoms with van der Waals surface area (Å²) in [6.45, 7) is 5.98. The third-order valence-electron chi connectivity index (χ3n) is 7.69. The number of rotatable bonds is 12. The average molecular weight is 544 g/mol. The Labute approximate surface area is 238 Å². The predicted octanol–water partition coefficient (Wildman–Crippen LogP) is 6.92. The van der Waals surface area contributed by atoms with E-state index in [9.17, 15) is 14.0 Å². The van der Waals surface area contributed by atoms with Crippen LogP contribution in [-0.2, 0) is 22.7 Å². The van der Waals surface area contributed by atoms with Crippen molar-refractivity contribution in [2.45, 2.75) is 71.5 Å². The second-order valence-corrected chi connectivity index (χ2v) is 11.3. The number of aromatic nitrogens is 1. The molecular weight excluding hydrogens is 501 g/mol. The molecule has 1 aliphatic rings. The lowest BCUT2D eigenvalue weighted by Gasteiger charge is -2.36. The van der Waals surface area contributed by atoms with Gasteiger partial charge in [-0.15, -0.1) is 0 Å². The fourth-order valence-electron chi connectivity index (χ4n) is 5.29. The van der Waals surface area contributed by atoms with Crippen molar-refractivity contribution in [1.82, 2.24) is 14.4 Å². The quantitative estimate of drug-likeness (QED) is 0.233. The van der Waals surface area contributed by atoms with Crippen molar-refractivity contribution in [1.29, 1.82) is 0 Å². The Balaban J connectivity index is 1.52. The molecule has 0 bridgehead atoms. The van der Waals surface area contributed by atoms with Crippen LogP contribution in [0.2, 0.25) is 0 Å². The number of halogens is 1. The summed E-state index contributed by atoms with van der Waals surface area (Å²) in [5.74, 6) is 0.0289. The highest BCUT2D eigenvalue weighted by Gasteiger charge is 2.28. The molecule has 5 nitrogen and oxygen atoms in total. The summed E-state index contributed by atoms with van der Waals surface area (Å²) >= 11 is 0. The Bertz CT molecular complexity index is 1240. The van der Waals surface area contributed by atoms with Gasteiger partial charge in [-0.2, -0.15) is 0 Å². The van der Waals surface area contributed by atoms with Gasteiger partial charge in [-0.1, -0.05) is 75.6 Å². The van der Waals surface area contributed by atoms with Gasteiger partial charge >= 0.3 is 0 Å². The summed E-state index contributed by atoms with van der Waals surface area (Å²) in [5.41, 5.74) is 2.99. The molecule has 0 radical (unpaired) electrons. The number of carbonyl (C=O) groups excluding carboxylic acids is 2. The van der Waals surface area contributed by atoms with Crippen LogP contribution >= 0.6 is 0 Å². The van der Waals surface area contributed by atoms with E-state index in [1.807, 2.05) is 53.6 Å². The highest BCUT2D eigenvalue weighted by Crippen LogP contribution is 2.25. The molecule has 0 saturated heterocycles. The molecule has 212 valence electrons. The van der Waals surface area contributed by atoms with Crippen molar-refractivity contribution in [3.05, 3.63) is 102 Å². The Morgan fingerprint density at radius 1 is 0.975 bits per heavy atom. The molecule has 0 aliphatic heterocycles. The van der Waals surface area contributed by atoms with E-state index < -0.39 is 0 Å². The summed E-state index contributed by atoms with van der Waals surface area (Å²) < 4.78 is 15.5. The average Bonchev–Trinajstić information content (AvgIpc) is 3.41. The Hall–Kier alpha value is -3.67. The van der Waals surface area contributed by atoms with Gasteiger partial charge in [0.2, 0.25) is 11.8 Å². The molecule has 1 aliphatic carbocycles. The summed E-state index contributed by atoms with van der Waals surface area (Å²) in [6, 6.07) is 20.5.